The van der Waals surface area contributed by atoms with Crippen molar-refractivity contribution in [1.29, 1.82) is 0 Å². The zero-order chi connectivity index (χ0) is 39.0. The lowest BCUT2D eigenvalue weighted by atomic mass is 9.95. The second-order valence-electron chi connectivity index (χ2n) is 14.7. The van der Waals surface area contributed by atoms with Crippen molar-refractivity contribution in [3.63, 3.8) is 0 Å². The van der Waals surface area contributed by atoms with Crippen molar-refractivity contribution in [2.45, 2.75) is 6.92 Å². The summed E-state index contributed by atoms with van der Waals surface area (Å²) < 4.78 is 12.3. The maximum absolute atomic E-state index is 6.17. The van der Waals surface area contributed by atoms with Crippen LogP contribution in [0.2, 0.25) is 0 Å². The van der Waals surface area contributed by atoms with Crippen LogP contribution in [-0.4, -0.2) is 0 Å². The summed E-state index contributed by atoms with van der Waals surface area (Å²) in [7, 11) is 0. The molecule has 276 valence electrons. The predicted octanol–water partition coefficient (Wildman–Crippen LogP) is 15.7. The van der Waals surface area contributed by atoms with Crippen molar-refractivity contribution in [1.82, 2.24) is 0 Å². The third kappa shape index (κ3) is 6.49. The lowest BCUT2D eigenvalue weighted by Crippen LogP contribution is -2.09. The van der Waals surface area contributed by atoms with Gasteiger partial charge in [0.2, 0.25) is 0 Å². The monoisotopic (exact) mass is 745 g/mol. The van der Waals surface area contributed by atoms with Crippen molar-refractivity contribution < 1.29 is 8.83 Å². The molecular formula is C55H39NO2. The molecule has 0 aliphatic carbocycles. The number of hydrogen-bond acceptors (Lipinski definition) is 3. The van der Waals surface area contributed by atoms with Gasteiger partial charge in [-0.1, -0.05) is 134 Å². The van der Waals surface area contributed by atoms with Gasteiger partial charge in [0, 0.05) is 39.1 Å². The van der Waals surface area contributed by atoms with E-state index >= 15 is 0 Å². The van der Waals surface area contributed by atoms with E-state index in [1.54, 1.807) is 0 Å². The van der Waals surface area contributed by atoms with Crippen LogP contribution in [-0.2, 0) is 0 Å². The van der Waals surface area contributed by atoms with Crippen LogP contribution in [0.4, 0.5) is 11.4 Å². The minimum absolute atomic E-state index is 0.871. The third-order valence-corrected chi connectivity index (χ3v) is 11.0. The number of anilines is 2. The zero-order valence-corrected chi connectivity index (χ0v) is 32.1. The Morgan fingerprint density at radius 1 is 0.466 bits per heavy atom. The van der Waals surface area contributed by atoms with Gasteiger partial charge in [-0.25, -0.2) is 0 Å². The average Bonchev–Trinajstić information content (AvgIpc) is 3.84. The minimum Gasteiger partial charge on any atom is -0.456 e. The first-order valence-corrected chi connectivity index (χ1v) is 19.6. The van der Waals surface area contributed by atoms with Crippen molar-refractivity contribution in [2.75, 3.05) is 4.90 Å². The molecule has 0 aliphatic heterocycles. The Bertz CT molecular complexity index is 3200. The number of para-hydroxylation sites is 2. The molecule has 0 amide bonds. The molecule has 8 aromatic carbocycles. The molecule has 2 heterocycles. The van der Waals surface area contributed by atoms with Crippen LogP contribution in [0.1, 0.15) is 11.1 Å². The van der Waals surface area contributed by atoms with Crippen molar-refractivity contribution in [3.05, 3.63) is 224 Å². The molecule has 0 atom stereocenters. The first kappa shape index (κ1) is 34.8. The van der Waals surface area contributed by atoms with E-state index in [2.05, 4.69) is 194 Å². The number of allylic oxidation sites excluding steroid dienone is 4. The molecule has 0 N–H and O–H groups in total. The highest BCUT2D eigenvalue weighted by Gasteiger charge is 2.15. The Hall–Kier alpha value is -7.62. The quantitative estimate of drug-likeness (QED) is 0.138. The van der Waals surface area contributed by atoms with Gasteiger partial charge in [0.05, 0.1) is 0 Å². The number of aryl methyl sites for hydroxylation is 1. The molecule has 10 aromatic rings. The maximum atomic E-state index is 6.17. The summed E-state index contributed by atoms with van der Waals surface area (Å²) in [4.78, 5) is 2.29. The summed E-state index contributed by atoms with van der Waals surface area (Å²) in [6, 6.07) is 64.2. The van der Waals surface area contributed by atoms with Gasteiger partial charge in [-0.2, -0.15) is 0 Å². The molecule has 10 rings (SSSR count). The fourth-order valence-corrected chi connectivity index (χ4v) is 8.08. The molecule has 3 heteroatoms. The van der Waals surface area contributed by atoms with E-state index in [0.29, 0.717) is 0 Å². The van der Waals surface area contributed by atoms with E-state index in [0.717, 1.165) is 94.2 Å². The molecule has 0 bridgehead atoms. The van der Waals surface area contributed by atoms with Gasteiger partial charge in [-0.15, -0.1) is 0 Å². The van der Waals surface area contributed by atoms with Gasteiger partial charge in [-0.3, -0.25) is 0 Å². The molecule has 2 aromatic heterocycles. The van der Waals surface area contributed by atoms with Gasteiger partial charge in [0.25, 0.3) is 0 Å². The molecule has 3 nitrogen and oxygen atoms in total. The van der Waals surface area contributed by atoms with E-state index in [9.17, 15) is 0 Å². The fraction of sp³-hybridized carbons (Fsp3) is 0.0182. The predicted molar refractivity (Wildman–Crippen MR) is 244 cm³/mol. The number of furan rings is 2. The summed E-state index contributed by atoms with van der Waals surface area (Å²) in [5.74, 6) is 0. The normalized spacial score (nSPS) is 12.0. The summed E-state index contributed by atoms with van der Waals surface area (Å²) in [5, 5.41) is 4.43. The summed E-state index contributed by atoms with van der Waals surface area (Å²) in [5.41, 5.74) is 15.9. The van der Waals surface area contributed by atoms with E-state index in [1.807, 2.05) is 30.3 Å². The SMILES string of the molecule is C=C/C=C(\C=C/N(c1ccc(-c2ccc3oc4ccccc4c3c2)cc1)c1cc(-c2ccccc2)cc(-c2ccccc2C)c1)c1ccc2oc3ccccc3c2c1. The molecule has 0 unspecified atom stereocenters. The zero-order valence-electron chi connectivity index (χ0n) is 32.1. The fourth-order valence-electron chi connectivity index (χ4n) is 8.08. The second kappa shape index (κ2) is 14.8. The Morgan fingerprint density at radius 2 is 1.05 bits per heavy atom. The highest BCUT2D eigenvalue weighted by Crippen LogP contribution is 2.39. The maximum Gasteiger partial charge on any atom is 0.135 e. The van der Waals surface area contributed by atoms with Gasteiger partial charge < -0.3 is 13.7 Å². The highest BCUT2D eigenvalue weighted by molar-refractivity contribution is 6.07. The van der Waals surface area contributed by atoms with Crippen molar-refractivity contribution >= 4 is 60.8 Å². The molecule has 0 saturated carbocycles. The van der Waals surface area contributed by atoms with Crippen LogP contribution in [0.5, 0.6) is 0 Å². The number of benzene rings is 8. The molecule has 0 saturated heterocycles. The average molecular weight is 746 g/mol. The molecule has 58 heavy (non-hydrogen) atoms. The summed E-state index contributed by atoms with van der Waals surface area (Å²) in [6.07, 6.45) is 8.27. The summed E-state index contributed by atoms with van der Waals surface area (Å²) in [6.45, 7) is 6.27. The van der Waals surface area contributed by atoms with Gasteiger partial charge in [0.15, 0.2) is 0 Å². The number of fused-ring (bicyclic) bond motifs is 6. The largest absolute Gasteiger partial charge is 0.456 e. The Morgan fingerprint density at radius 3 is 1.78 bits per heavy atom. The number of rotatable bonds is 9. The van der Waals surface area contributed by atoms with E-state index in [-0.39, 0.29) is 0 Å². The summed E-state index contributed by atoms with van der Waals surface area (Å²) >= 11 is 0. The van der Waals surface area contributed by atoms with Crippen LogP contribution in [0.3, 0.4) is 0 Å². The minimum atomic E-state index is 0.871. The number of hydrogen-bond donors (Lipinski definition) is 0. The van der Waals surface area contributed by atoms with Crippen LogP contribution in [0, 0.1) is 6.92 Å². The first-order chi connectivity index (χ1) is 28.6. The van der Waals surface area contributed by atoms with Crippen LogP contribution >= 0.6 is 0 Å². The van der Waals surface area contributed by atoms with Gasteiger partial charge in [0.1, 0.15) is 22.3 Å². The Kier molecular flexibility index (Phi) is 8.89. The molecule has 0 spiro atoms. The van der Waals surface area contributed by atoms with Crippen molar-refractivity contribution in [2.24, 2.45) is 0 Å². The van der Waals surface area contributed by atoms with E-state index in [4.69, 9.17) is 8.83 Å². The van der Waals surface area contributed by atoms with Gasteiger partial charge in [-0.05, 0) is 130 Å². The van der Waals surface area contributed by atoms with Crippen LogP contribution < -0.4 is 4.90 Å². The molecule has 0 radical (unpaired) electrons. The van der Waals surface area contributed by atoms with Crippen molar-refractivity contribution in [3.8, 4) is 33.4 Å². The molecule has 0 aliphatic rings. The molecular weight excluding hydrogens is 707 g/mol. The second-order valence-corrected chi connectivity index (χ2v) is 14.7. The van der Waals surface area contributed by atoms with Crippen LogP contribution in [0.15, 0.2) is 222 Å². The third-order valence-electron chi connectivity index (χ3n) is 11.0. The highest BCUT2D eigenvalue weighted by atomic mass is 16.3. The standard InChI is InChI=1S/C55H39NO2/c1-3-13-38(41-24-28-54-50(35-41)48-18-9-11-20-52(48)57-54)30-31-56(46-33-43(39-15-5-4-6-16-39)32-44(34-46)47-17-8-7-14-37(47)2)45-26-22-40(23-27-45)42-25-29-55-51(36-42)49-19-10-12-21-53(49)58-55/h3-36H,1H2,2H3/b31-30-,38-13+. The first-order valence-electron chi connectivity index (χ1n) is 19.6. The van der Waals surface area contributed by atoms with Crippen LogP contribution in [0.25, 0.3) is 82.8 Å². The Balaban J connectivity index is 1.11. The molecule has 0 fully saturated rings. The van der Waals surface area contributed by atoms with Gasteiger partial charge >= 0.3 is 0 Å². The lowest BCUT2D eigenvalue weighted by molar-refractivity contribution is 0.668. The Labute approximate surface area is 337 Å². The number of nitrogens with zero attached hydrogens (tertiary/aromatic N) is 1. The lowest BCUT2D eigenvalue weighted by Gasteiger charge is -2.24. The van der Waals surface area contributed by atoms with E-state index < -0.39 is 0 Å². The smallest absolute Gasteiger partial charge is 0.135 e. The van der Waals surface area contributed by atoms with E-state index in [1.165, 1.54) is 11.1 Å². The topological polar surface area (TPSA) is 29.5 Å².